The van der Waals surface area contributed by atoms with Crippen molar-refractivity contribution in [3.05, 3.63) is 46.2 Å². The summed E-state index contributed by atoms with van der Waals surface area (Å²) >= 11 is 1.63. The van der Waals surface area contributed by atoms with E-state index >= 15 is 0 Å². The van der Waals surface area contributed by atoms with Crippen LogP contribution in [-0.4, -0.2) is 26.0 Å². The van der Waals surface area contributed by atoms with Crippen LogP contribution < -0.4 is 9.80 Å². The van der Waals surface area contributed by atoms with E-state index in [-0.39, 0.29) is 5.91 Å². The summed E-state index contributed by atoms with van der Waals surface area (Å²) in [6.45, 7) is 5.95. The van der Waals surface area contributed by atoms with Crippen LogP contribution in [0, 0.1) is 12.8 Å². The Kier molecular flexibility index (Phi) is 3.72. The van der Waals surface area contributed by atoms with Crippen molar-refractivity contribution in [3.63, 3.8) is 0 Å². The number of benzene rings is 1. The number of aryl methyl sites for hydroxylation is 1. The maximum atomic E-state index is 12.9. The molecule has 0 saturated carbocycles. The number of rotatable bonds is 1. The van der Waals surface area contributed by atoms with Crippen LogP contribution in [0.25, 0.3) is 0 Å². The number of fused-ring (bicyclic) bond motifs is 1. The van der Waals surface area contributed by atoms with Crippen molar-refractivity contribution >= 4 is 28.6 Å². The fraction of sp³-hybridized carbons (Fsp3) is 0.353. The number of thiophene rings is 1. The summed E-state index contributed by atoms with van der Waals surface area (Å²) in [5, 5.41) is 1.96. The van der Waals surface area contributed by atoms with Crippen molar-refractivity contribution < 1.29 is 4.79 Å². The van der Waals surface area contributed by atoms with Crippen LogP contribution in [0.3, 0.4) is 0 Å². The lowest BCUT2D eigenvalue weighted by Crippen LogP contribution is -2.34. The molecule has 4 heteroatoms. The van der Waals surface area contributed by atoms with Gasteiger partial charge in [-0.25, -0.2) is 0 Å². The van der Waals surface area contributed by atoms with Gasteiger partial charge in [-0.15, -0.1) is 11.3 Å². The lowest BCUT2D eigenvalue weighted by atomic mass is 10.1. The lowest BCUT2D eigenvalue weighted by molar-refractivity contribution is 0.0984. The first kappa shape index (κ1) is 14.1. The van der Waals surface area contributed by atoms with Crippen molar-refractivity contribution in [1.29, 1.82) is 0 Å². The molecule has 0 radical (unpaired) electrons. The Morgan fingerprint density at radius 3 is 2.62 bits per heavy atom. The maximum absolute atomic E-state index is 12.9. The van der Waals surface area contributed by atoms with E-state index in [2.05, 4.69) is 24.9 Å². The number of para-hydroxylation sites is 2. The number of nitrogens with zero attached hydrogens (tertiary/aromatic N) is 2. The summed E-state index contributed by atoms with van der Waals surface area (Å²) in [5.74, 6) is 0.542. The molecule has 110 valence electrons. The standard InChI is InChI=1S/C17H20N2OS/c1-12-9-18(3)15-6-4-5-7-16(15)19(10-12)17(20)14-8-13(2)21-11-14/h4-8,11-12H,9-10H2,1-3H3. The molecule has 0 bridgehead atoms. The van der Waals surface area contributed by atoms with Crippen LogP contribution in [0.1, 0.15) is 22.2 Å². The first-order chi connectivity index (χ1) is 10.1. The molecule has 0 N–H and O–H groups in total. The normalized spacial score (nSPS) is 18.3. The van der Waals surface area contributed by atoms with Crippen molar-refractivity contribution in [2.45, 2.75) is 13.8 Å². The Hall–Kier alpha value is -1.81. The minimum absolute atomic E-state index is 0.106. The average molecular weight is 300 g/mol. The second-order valence-corrected chi connectivity index (χ2v) is 6.95. The third-order valence-electron chi connectivity index (χ3n) is 3.89. The van der Waals surface area contributed by atoms with Crippen LogP contribution in [0.2, 0.25) is 0 Å². The zero-order chi connectivity index (χ0) is 15.0. The molecular weight excluding hydrogens is 280 g/mol. The first-order valence-corrected chi connectivity index (χ1v) is 8.11. The second-order valence-electron chi connectivity index (χ2n) is 5.84. The molecule has 1 aromatic carbocycles. The summed E-state index contributed by atoms with van der Waals surface area (Å²) in [5.41, 5.74) is 2.93. The number of anilines is 2. The molecule has 2 heterocycles. The lowest BCUT2D eigenvalue weighted by Gasteiger charge is -2.24. The Morgan fingerprint density at radius 2 is 1.95 bits per heavy atom. The third-order valence-corrected chi connectivity index (χ3v) is 4.75. The van der Waals surface area contributed by atoms with Crippen LogP contribution in [0.4, 0.5) is 11.4 Å². The minimum Gasteiger partial charge on any atom is -0.373 e. The van der Waals surface area contributed by atoms with Gasteiger partial charge in [0.05, 0.1) is 16.9 Å². The zero-order valence-corrected chi connectivity index (χ0v) is 13.5. The zero-order valence-electron chi connectivity index (χ0n) is 12.7. The molecule has 0 fully saturated rings. The van der Waals surface area contributed by atoms with Gasteiger partial charge < -0.3 is 9.80 Å². The summed E-state index contributed by atoms with van der Waals surface area (Å²) in [4.78, 5) is 18.2. The van der Waals surface area contributed by atoms with Crippen LogP contribution in [0.5, 0.6) is 0 Å². The molecule has 1 aliphatic heterocycles. The molecular formula is C17H20N2OS. The topological polar surface area (TPSA) is 23.6 Å². The predicted molar refractivity (Wildman–Crippen MR) is 89.6 cm³/mol. The van der Waals surface area contributed by atoms with E-state index in [1.807, 2.05) is 41.5 Å². The molecule has 1 aromatic heterocycles. The summed E-state index contributed by atoms with van der Waals surface area (Å²) in [7, 11) is 2.10. The van der Waals surface area contributed by atoms with Crippen LogP contribution >= 0.6 is 11.3 Å². The van der Waals surface area contributed by atoms with Gasteiger partial charge >= 0.3 is 0 Å². The molecule has 2 aromatic rings. The number of hydrogen-bond acceptors (Lipinski definition) is 3. The van der Waals surface area contributed by atoms with Gasteiger partial charge in [0.1, 0.15) is 0 Å². The van der Waals surface area contributed by atoms with Gasteiger partial charge in [-0.05, 0) is 31.0 Å². The van der Waals surface area contributed by atoms with Gasteiger partial charge in [-0.3, -0.25) is 4.79 Å². The first-order valence-electron chi connectivity index (χ1n) is 7.23. The fourth-order valence-electron chi connectivity index (χ4n) is 2.95. The molecule has 21 heavy (non-hydrogen) atoms. The van der Waals surface area contributed by atoms with Gasteiger partial charge in [0.15, 0.2) is 0 Å². The fourth-order valence-corrected chi connectivity index (χ4v) is 3.63. The summed E-state index contributed by atoms with van der Waals surface area (Å²) < 4.78 is 0. The number of carbonyl (C=O) groups is 1. The summed E-state index contributed by atoms with van der Waals surface area (Å²) in [6, 6.07) is 10.1. The maximum Gasteiger partial charge on any atom is 0.259 e. The van der Waals surface area contributed by atoms with Crippen LogP contribution in [-0.2, 0) is 0 Å². The van der Waals surface area contributed by atoms with E-state index in [4.69, 9.17) is 0 Å². The highest BCUT2D eigenvalue weighted by Gasteiger charge is 2.27. The van der Waals surface area contributed by atoms with Gasteiger partial charge in [-0.2, -0.15) is 0 Å². The summed E-state index contributed by atoms with van der Waals surface area (Å²) in [6.07, 6.45) is 0. The smallest absolute Gasteiger partial charge is 0.259 e. The Labute approximate surface area is 129 Å². The largest absolute Gasteiger partial charge is 0.373 e. The van der Waals surface area contributed by atoms with Crippen LogP contribution in [0.15, 0.2) is 35.7 Å². The Morgan fingerprint density at radius 1 is 1.24 bits per heavy atom. The number of carbonyl (C=O) groups excluding carboxylic acids is 1. The Bertz CT molecular complexity index is 664. The second kappa shape index (κ2) is 5.53. The number of amides is 1. The van der Waals surface area contributed by atoms with Gasteiger partial charge in [0, 0.05) is 30.4 Å². The highest BCUT2D eigenvalue weighted by molar-refractivity contribution is 7.10. The molecule has 1 unspecified atom stereocenters. The van der Waals surface area contributed by atoms with Gasteiger partial charge in [0.2, 0.25) is 0 Å². The monoisotopic (exact) mass is 300 g/mol. The van der Waals surface area contributed by atoms with E-state index in [0.29, 0.717) is 5.92 Å². The van der Waals surface area contributed by atoms with Gasteiger partial charge in [-0.1, -0.05) is 19.1 Å². The van der Waals surface area contributed by atoms with Crippen molar-refractivity contribution in [1.82, 2.24) is 0 Å². The molecule has 0 spiro atoms. The molecule has 1 aliphatic rings. The predicted octanol–water partition coefficient (Wildman–Crippen LogP) is 3.79. The quantitative estimate of drug-likeness (QED) is 0.800. The number of hydrogen-bond donors (Lipinski definition) is 0. The molecule has 3 rings (SSSR count). The van der Waals surface area contributed by atoms with E-state index in [9.17, 15) is 4.79 Å². The van der Waals surface area contributed by atoms with Gasteiger partial charge in [0.25, 0.3) is 5.91 Å². The molecule has 3 nitrogen and oxygen atoms in total. The van der Waals surface area contributed by atoms with Crippen molar-refractivity contribution in [3.8, 4) is 0 Å². The van der Waals surface area contributed by atoms with Crippen molar-refractivity contribution in [2.75, 3.05) is 29.9 Å². The van der Waals surface area contributed by atoms with E-state index < -0.39 is 0 Å². The minimum atomic E-state index is 0.106. The highest BCUT2D eigenvalue weighted by atomic mass is 32.1. The average Bonchev–Trinajstić information content (AvgIpc) is 2.85. The molecule has 0 aliphatic carbocycles. The third kappa shape index (κ3) is 2.68. The highest BCUT2D eigenvalue weighted by Crippen LogP contribution is 2.33. The van der Waals surface area contributed by atoms with E-state index in [0.717, 1.165) is 30.0 Å². The SMILES string of the molecule is Cc1cc(C(=O)N2CC(C)CN(C)c3ccccc32)cs1. The van der Waals surface area contributed by atoms with Crippen molar-refractivity contribution in [2.24, 2.45) is 5.92 Å². The van der Waals surface area contributed by atoms with E-state index in [1.165, 1.54) is 4.88 Å². The van der Waals surface area contributed by atoms with E-state index in [1.54, 1.807) is 11.3 Å². The Balaban J connectivity index is 2.03. The molecule has 0 saturated heterocycles. The molecule has 1 atom stereocenters. The molecule has 1 amide bonds.